The van der Waals surface area contributed by atoms with Crippen LogP contribution < -0.4 is 5.32 Å². The normalized spacial score (nSPS) is 23.1. The Morgan fingerprint density at radius 2 is 1.71 bits per heavy atom. The molecule has 42 heavy (non-hydrogen) atoms. The molecular formula is C38H56FN3. The summed E-state index contributed by atoms with van der Waals surface area (Å²) in [5, 5.41) is 3.62. The van der Waals surface area contributed by atoms with Gasteiger partial charge in [-0.1, -0.05) is 101 Å². The highest BCUT2D eigenvalue weighted by molar-refractivity contribution is 5.47. The van der Waals surface area contributed by atoms with Gasteiger partial charge in [0.2, 0.25) is 5.95 Å². The zero-order valence-electron chi connectivity index (χ0n) is 27.3. The van der Waals surface area contributed by atoms with E-state index in [1.54, 1.807) is 13.1 Å². The van der Waals surface area contributed by atoms with E-state index in [1.165, 1.54) is 30.4 Å². The van der Waals surface area contributed by atoms with E-state index in [4.69, 9.17) is 4.98 Å². The molecule has 0 saturated heterocycles. The summed E-state index contributed by atoms with van der Waals surface area (Å²) in [6, 6.07) is 0.323. The first-order valence-corrected chi connectivity index (χ1v) is 16.4. The number of nitrogens with one attached hydrogen (secondary N) is 1. The number of hydrogen-bond acceptors (Lipinski definition) is 3. The lowest BCUT2D eigenvalue weighted by atomic mass is 9.71. The molecule has 3 rings (SSSR count). The summed E-state index contributed by atoms with van der Waals surface area (Å²) in [7, 11) is 0. The first kappa shape index (κ1) is 33.7. The smallest absolute Gasteiger partial charge is 0.223 e. The van der Waals surface area contributed by atoms with Gasteiger partial charge in [0.15, 0.2) is 0 Å². The third kappa shape index (κ3) is 9.12. The van der Waals surface area contributed by atoms with E-state index in [2.05, 4.69) is 76.0 Å². The van der Waals surface area contributed by atoms with E-state index in [1.807, 2.05) is 19.1 Å². The van der Waals surface area contributed by atoms with Gasteiger partial charge in [-0.15, -0.1) is 0 Å². The number of nitrogens with zero attached hydrogens (tertiary/aromatic N) is 2. The van der Waals surface area contributed by atoms with Gasteiger partial charge in [0.05, 0.1) is 5.69 Å². The molecule has 1 aromatic heterocycles. The lowest BCUT2D eigenvalue weighted by Gasteiger charge is -2.36. The SMILES string of the molecule is C=CC(=C\C)/C(C=C)=C/C=C(\C)C(C(=C)CCC1CC1)C1CCC(Nc2ncc(C(C)F)c(C(C)C(C)CC)n2)CC1. The molecule has 0 spiro atoms. The van der Waals surface area contributed by atoms with Crippen molar-refractivity contribution in [2.45, 2.75) is 117 Å². The van der Waals surface area contributed by atoms with Crippen molar-refractivity contribution in [1.29, 1.82) is 0 Å². The second-order valence-corrected chi connectivity index (χ2v) is 12.9. The minimum atomic E-state index is -1.07. The molecule has 1 aromatic rings. The Labute approximate surface area is 256 Å². The lowest BCUT2D eigenvalue weighted by Crippen LogP contribution is -2.31. The maximum absolute atomic E-state index is 14.4. The van der Waals surface area contributed by atoms with Crippen LogP contribution >= 0.6 is 0 Å². The summed E-state index contributed by atoms with van der Waals surface area (Å²) in [5.41, 5.74) is 6.44. The van der Waals surface area contributed by atoms with Gasteiger partial charge >= 0.3 is 0 Å². The number of alkyl halides is 1. The van der Waals surface area contributed by atoms with Gasteiger partial charge in [-0.05, 0) is 88.2 Å². The Bertz CT molecular complexity index is 1160. The first-order chi connectivity index (χ1) is 20.1. The second-order valence-electron chi connectivity index (χ2n) is 12.9. The summed E-state index contributed by atoms with van der Waals surface area (Å²) in [5.74, 6) is 3.12. The third-order valence-corrected chi connectivity index (χ3v) is 9.89. The minimum Gasteiger partial charge on any atom is -0.351 e. The van der Waals surface area contributed by atoms with Crippen LogP contribution in [0.1, 0.15) is 123 Å². The summed E-state index contributed by atoms with van der Waals surface area (Å²) in [6.07, 6.45) is 21.6. The number of allylic oxidation sites excluding steroid dienone is 9. The molecule has 2 saturated carbocycles. The van der Waals surface area contributed by atoms with Crippen LogP contribution in [0.5, 0.6) is 0 Å². The van der Waals surface area contributed by atoms with Gasteiger partial charge in [-0.3, -0.25) is 0 Å². The third-order valence-electron chi connectivity index (χ3n) is 9.89. The molecule has 0 aliphatic heterocycles. The molecule has 0 radical (unpaired) electrons. The van der Waals surface area contributed by atoms with E-state index in [0.717, 1.165) is 61.3 Å². The molecule has 4 heteroatoms. The molecule has 2 aliphatic carbocycles. The van der Waals surface area contributed by atoms with Crippen LogP contribution in [0.2, 0.25) is 0 Å². The van der Waals surface area contributed by atoms with Crippen LogP contribution in [-0.4, -0.2) is 16.0 Å². The van der Waals surface area contributed by atoms with Gasteiger partial charge in [-0.2, -0.15) is 0 Å². The number of rotatable bonds is 16. The zero-order chi connectivity index (χ0) is 30.8. The molecule has 1 heterocycles. The highest BCUT2D eigenvalue weighted by atomic mass is 19.1. The molecule has 3 nitrogen and oxygen atoms in total. The van der Waals surface area contributed by atoms with E-state index in [-0.39, 0.29) is 5.92 Å². The van der Waals surface area contributed by atoms with Crippen LogP contribution in [0.3, 0.4) is 0 Å². The molecule has 4 unspecified atom stereocenters. The van der Waals surface area contributed by atoms with E-state index < -0.39 is 6.17 Å². The molecule has 0 bridgehead atoms. The number of anilines is 1. The van der Waals surface area contributed by atoms with E-state index >= 15 is 0 Å². The standard InChI is InChI=1S/C38H56FN3/c1-10-25(5)28(8)37-35(29(9)39)24-40-38(42-37)41-34-22-20-33(21-23-34)36(26(6)14-16-30-17-18-30)27(7)15-19-32(13-4)31(11-2)12-3/h11-13,15,19,24-25,28-30,33-34,36H,2,4,6,10,14,16-18,20-23H2,1,3,5,7-9H3,(H,40,41,42)/b27-15+,31-12+,32-19+. The minimum absolute atomic E-state index is 0.186. The lowest BCUT2D eigenvalue weighted by molar-refractivity contribution is 0.283. The molecule has 0 aromatic carbocycles. The highest BCUT2D eigenvalue weighted by Crippen LogP contribution is 2.42. The molecule has 2 aliphatic rings. The molecule has 2 fully saturated rings. The van der Waals surface area contributed by atoms with Crippen molar-refractivity contribution in [2.24, 2.45) is 23.7 Å². The van der Waals surface area contributed by atoms with Crippen LogP contribution in [0.15, 0.2) is 78.6 Å². The number of halogens is 1. The summed E-state index contributed by atoms with van der Waals surface area (Å²) < 4.78 is 14.4. The largest absolute Gasteiger partial charge is 0.351 e. The Morgan fingerprint density at radius 3 is 2.26 bits per heavy atom. The molecule has 4 atom stereocenters. The fourth-order valence-electron chi connectivity index (χ4n) is 6.54. The van der Waals surface area contributed by atoms with Crippen molar-refractivity contribution in [1.82, 2.24) is 9.97 Å². The predicted molar refractivity (Wildman–Crippen MR) is 179 cm³/mol. The first-order valence-electron chi connectivity index (χ1n) is 16.4. The maximum atomic E-state index is 14.4. The molecule has 0 amide bonds. The van der Waals surface area contributed by atoms with E-state index in [9.17, 15) is 4.39 Å². The molecule has 1 N–H and O–H groups in total. The predicted octanol–water partition coefficient (Wildman–Crippen LogP) is 11.2. The van der Waals surface area contributed by atoms with Gasteiger partial charge < -0.3 is 5.32 Å². The zero-order valence-corrected chi connectivity index (χ0v) is 27.3. The second kappa shape index (κ2) is 16.2. The topological polar surface area (TPSA) is 37.8 Å². The van der Waals surface area contributed by atoms with Gasteiger partial charge in [0.1, 0.15) is 6.17 Å². The fraction of sp³-hybridized carbons (Fsp3) is 0.579. The Hall–Kier alpha value is -2.75. The Balaban J connectivity index is 1.75. The van der Waals surface area contributed by atoms with Crippen LogP contribution in [0, 0.1) is 23.7 Å². The average molecular weight is 574 g/mol. The van der Waals surface area contributed by atoms with Crippen molar-refractivity contribution >= 4 is 5.95 Å². The highest BCUT2D eigenvalue weighted by Gasteiger charge is 2.32. The average Bonchev–Trinajstić information content (AvgIpc) is 3.83. The fourth-order valence-corrected chi connectivity index (χ4v) is 6.54. The van der Waals surface area contributed by atoms with Crippen molar-refractivity contribution in [3.63, 3.8) is 0 Å². The monoisotopic (exact) mass is 573 g/mol. The summed E-state index contributed by atoms with van der Waals surface area (Å²) in [4.78, 5) is 9.42. The molecule has 230 valence electrons. The van der Waals surface area contributed by atoms with E-state index in [0.29, 0.717) is 35.3 Å². The number of aromatic nitrogens is 2. The van der Waals surface area contributed by atoms with Gasteiger partial charge in [0, 0.05) is 29.6 Å². The van der Waals surface area contributed by atoms with Crippen LogP contribution in [0.4, 0.5) is 10.3 Å². The number of hydrogen-bond donors (Lipinski definition) is 1. The van der Waals surface area contributed by atoms with Crippen molar-refractivity contribution < 1.29 is 4.39 Å². The molecular weight excluding hydrogens is 517 g/mol. The van der Waals surface area contributed by atoms with Crippen molar-refractivity contribution in [2.75, 3.05) is 5.32 Å². The summed E-state index contributed by atoms with van der Waals surface area (Å²) >= 11 is 0. The quantitative estimate of drug-likeness (QED) is 0.158. The summed E-state index contributed by atoms with van der Waals surface area (Å²) in [6.45, 7) is 25.1. The Morgan fingerprint density at radius 1 is 1.05 bits per heavy atom. The maximum Gasteiger partial charge on any atom is 0.223 e. The van der Waals surface area contributed by atoms with Gasteiger partial charge in [-0.25, -0.2) is 14.4 Å². The Kier molecular flexibility index (Phi) is 13.0. The van der Waals surface area contributed by atoms with Crippen molar-refractivity contribution in [3.8, 4) is 0 Å². The van der Waals surface area contributed by atoms with Gasteiger partial charge in [0.25, 0.3) is 0 Å². The van der Waals surface area contributed by atoms with Crippen LogP contribution in [-0.2, 0) is 0 Å². The van der Waals surface area contributed by atoms with Crippen molar-refractivity contribution in [3.05, 3.63) is 89.9 Å². The van der Waals surface area contributed by atoms with Crippen LogP contribution in [0.25, 0.3) is 0 Å².